The molecule has 0 aliphatic rings. The summed E-state index contributed by atoms with van der Waals surface area (Å²) in [6.07, 6.45) is 0. The fourth-order valence-corrected chi connectivity index (χ4v) is 0. The fourth-order valence-electron chi connectivity index (χ4n) is 0. The van der Waals surface area contributed by atoms with Gasteiger partial charge in [-0.3, -0.25) is 4.79 Å². The van der Waals surface area contributed by atoms with Crippen molar-refractivity contribution < 1.29 is 6.21 Å². The third-order valence-electron chi connectivity index (χ3n) is 0. The molecule has 0 saturated heterocycles. The van der Waals surface area contributed by atoms with Gasteiger partial charge in [0.25, 0.3) is 0 Å². The van der Waals surface area contributed by atoms with Crippen LogP contribution in [0.15, 0.2) is 0 Å². The highest BCUT2D eigenvalue weighted by molar-refractivity contribution is 5.70. The number of carbonyl (C=O) groups is 1. The van der Waals surface area contributed by atoms with Crippen molar-refractivity contribution in [2.24, 2.45) is 5.73 Å². The van der Waals surface area contributed by atoms with Gasteiger partial charge in [0.2, 0.25) is 5.91 Å². The van der Waals surface area contributed by atoms with Gasteiger partial charge in [-0.1, -0.05) is 0 Å². The zero-order valence-electron chi connectivity index (χ0n) is 3.41. The molecule has 24 valence electrons. The van der Waals surface area contributed by atoms with Gasteiger partial charge in [-0.05, 0) is 0 Å². The Morgan fingerprint density at radius 3 is 2.75 bits per heavy atom. The van der Waals surface area contributed by atoms with Gasteiger partial charge in [0.1, 0.15) is 0 Å². The fraction of sp³-hybridized carbons (Fsp3) is 0.500. The quantitative estimate of drug-likeness (QED) is 0.402. The molecule has 2 nitrogen and oxygen atoms in total. The van der Waals surface area contributed by atoms with Crippen molar-refractivity contribution in [3.05, 3.63) is 0 Å². The molecule has 2 N–H and O–H groups in total. The van der Waals surface area contributed by atoms with E-state index in [0.717, 1.165) is 0 Å². The molecule has 0 fully saturated rings. The predicted octanol–water partition coefficient (Wildman–Crippen LogP) is -0.508. The molecule has 0 bridgehead atoms. The molecule has 0 aromatic rings. The molecule has 0 saturated carbocycles. The van der Waals surface area contributed by atoms with E-state index in [4.69, 9.17) is 1.41 Å². The molecule has 0 atom stereocenters. The Morgan fingerprint density at radius 2 is 2.75 bits per heavy atom. The Bertz CT molecular complexity index is 44.9. The zero-order valence-corrected chi connectivity index (χ0v) is 2.41. The largest absolute Gasteiger partial charge is 0.370 e. The molecule has 0 aromatic heterocycles. The van der Waals surface area contributed by atoms with E-state index in [2.05, 4.69) is 0 Å². The minimum Gasteiger partial charge on any atom is -0.370 e. The molecular formula is C2H5NO. The highest BCUT2D eigenvalue weighted by Gasteiger charge is 1.61. The van der Waals surface area contributed by atoms with Gasteiger partial charge in [0, 0.05) is 6.92 Å². The van der Waals surface area contributed by atoms with E-state index in [1.54, 1.807) is 5.73 Å². The van der Waals surface area contributed by atoms with Crippen molar-refractivity contribution in [3.63, 3.8) is 0 Å². The normalized spacial score (nSPS) is 8.75. The second-order valence-electron chi connectivity index (χ2n) is 0.556. The van der Waals surface area contributed by atoms with Gasteiger partial charge in [-0.15, -0.1) is 0 Å². The average molecular weight is 60.1 g/mol. The molecule has 1 amide bonds. The third-order valence-corrected chi connectivity index (χ3v) is 0. The maximum absolute atomic E-state index is 9.51. The van der Waals surface area contributed by atoms with Gasteiger partial charge >= 0.3 is 0 Å². The van der Waals surface area contributed by atoms with Crippen LogP contribution in [0.4, 0.5) is 0 Å². The van der Waals surface area contributed by atoms with Crippen molar-refractivity contribution in [3.8, 4) is 0 Å². The minimum absolute atomic E-state index is 0.329. The van der Waals surface area contributed by atoms with Gasteiger partial charge in [-0.25, -0.2) is 0 Å². The van der Waals surface area contributed by atoms with Crippen molar-refractivity contribution in [2.45, 2.75) is 6.92 Å². The van der Waals surface area contributed by atoms with E-state index in [1.165, 1.54) is 6.92 Å². The smallest absolute Gasteiger partial charge is 0.214 e. The van der Waals surface area contributed by atoms with Gasteiger partial charge < -0.3 is 5.73 Å². The lowest BCUT2D eigenvalue weighted by molar-refractivity contribution is -0.115. The summed E-state index contributed by atoms with van der Waals surface area (Å²) in [5.41, 5.74) is 1.64. The van der Waals surface area contributed by atoms with Gasteiger partial charge in [-0.2, -0.15) is 0 Å². The molecule has 0 radical (unpaired) electrons. The lowest BCUT2D eigenvalue weighted by Gasteiger charge is -1.60. The van der Waals surface area contributed by atoms with E-state index in [1.807, 2.05) is 0 Å². The van der Waals surface area contributed by atoms with Crippen LogP contribution >= 0.6 is 0 Å². The van der Waals surface area contributed by atoms with Crippen LogP contribution in [0.25, 0.3) is 0 Å². The SMILES string of the molecule is [2H]NC(C)=O. The highest BCUT2D eigenvalue weighted by Crippen LogP contribution is 1.33. The number of carbonyl (C=O) groups excluding carboxylic acids is 1. The van der Waals surface area contributed by atoms with Crippen LogP contribution in [0.1, 0.15) is 6.92 Å². The first-order valence-corrected chi connectivity index (χ1v) is 0.954. The number of hydrogen-bond acceptors (Lipinski definition) is 1. The van der Waals surface area contributed by atoms with E-state index < -0.39 is 0 Å². The summed E-state index contributed by atoms with van der Waals surface area (Å²) in [7, 11) is 0. The highest BCUT2D eigenvalue weighted by atomic mass is 16.1. The lowest BCUT2D eigenvalue weighted by atomic mass is 10.8. The maximum atomic E-state index is 9.51. The zero-order chi connectivity index (χ0) is 4.28. The van der Waals surface area contributed by atoms with E-state index in [-0.39, 0.29) is 5.91 Å². The van der Waals surface area contributed by atoms with Gasteiger partial charge in [0.15, 0.2) is 1.41 Å². The maximum Gasteiger partial charge on any atom is 0.214 e. The Kier molecular flexibility index (Phi) is 0.385. The second kappa shape index (κ2) is 0.875. The molecular weight excluding hydrogens is 54.0 g/mol. The van der Waals surface area contributed by atoms with Crippen LogP contribution in [0, 0.1) is 0 Å². The summed E-state index contributed by atoms with van der Waals surface area (Å²) in [4.78, 5) is 9.51. The first kappa shape index (κ1) is 1.76. The van der Waals surface area contributed by atoms with Gasteiger partial charge in [0.05, 0.1) is 0 Å². The summed E-state index contributed by atoms with van der Waals surface area (Å²) >= 11 is 0. The number of primary amides is 1. The number of amides is 1. The van der Waals surface area contributed by atoms with Crippen molar-refractivity contribution in [1.82, 2.24) is 0 Å². The Labute approximate surface area is 26.1 Å². The number of rotatable bonds is 0. The molecule has 0 rings (SSSR count). The summed E-state index contributed by atoms with van der Waals surface area (Å²) < 4.78 is 6.06. The monoisotopic (exact) mass is 60.0 g/mol. The van der Waals surface area contributed by atoms with Crippen LogP contribution < -0.4 is 5.73 Å². The first-order chi connectivity index (χ1) is 2.27. The van der Waals surface area contributed by atoms with Crippen molar-refractivity contribution in [2.75, 3.05) is 0 Å². The molecule has 0 unspecified atom stereocenters. The molecule has 0 aromatic carbocycles. The van der Waals surface area contributed by atoms with E-state index >= 15 is 0 Å². The van der Waals surface area contributed by atoms with Crippen LogP contribution in [-0.4, -0.2) is 5.91 Å². The average Bonchev–Trinajstić information content (AvgIpc) is 1.38. The van der Waals surface area contributed by atoms with Crippen LogP contribution in [0.5, 0.6) is 0 Å². The topological polar surface area (TPSA) is 43.1 Å². The van der Waals surface area contributed by atoms with E-state index in [9.17, 15) is 4.79 Å². The molecule has 2 heteroatoms. The summed E-state index contributed by atoms with van der Waals surface area (Å²) in [5.74, 6) is -0.329. The minimum atomic E-state index is -0.329. The molecule has 4 heavy (non-hydrogen) atoms. The van der Waals surface area contributed by atoms with Crippen LogP contribution in [0.2, 0.25) is 1.41 Å². The first-order valence-electron chi connectivity index (χ1n) is 1.45. The van der Waals surface area contributed by atoms with Crippen LogP contribution in [0.3, 0.4) is 0 Å². The third kappa shape index (κ3) is 1.16. The number of nitrogens with two attached hydrogens (primary N) is 1. The standard InChI is InChI=1S/C2H5NO/c1-2(3)4/h1H3,(H2,3,4)/i/hD. The van der Waals surface area contributed by atoms with Crippen LogP contribution in [-0.2, 0) is 4.79 Å². The predicted molar refractivity (Wildman–Crippen MR) is 14.9 cm³/mol. The Balaban J connectivity index is 2.85. The molecule has 0 aliphatic carbocycles. The Morgan fingerprint density at radius 1 is 2.50 bits per heavy atom. The summed E-state index contributed by atoms with van der Waals surface area (Å²) in [6, 6.07) is 0. The summed E-state index contributed by atoms with van der Waals surface area (Å²) in [5, 5.41) is 0. The molecule has 0 spiro atoms. The lowest BCUT2D eigenvalue weighted by Crippen LogP contribution is -2.01. The summed E-state index contributed by atoms with van der Waals surface area (Å²) in [6.45, 7) is 1.28. The van der Waals surface area contributed by atoms with Crippen molar-refractivity contribution >= 4 is 5.91 Å². The molecule has 0 aliphatic heterocycles. The van der Waals surface area contributed by atoms with E-state index in [0.29, 0.717) is 0 Å². The number of hydrogen-bond donors (Lipinski definition) is 1. The second-order valence-corrected chi connectivity index (χ2v) is 0.556. The van der Waals surface area contributed by atoms with Crippen molar-refractivity contribution in [1.29, 1.82) is 0 Å². The molecule has 0 heterocycles. The Hall–Kier alpha value is -0.530.